The van der Waals surface area contributed by atoms with E-state index >= 15 is 0 Å². The summed E-state index contributed by atoms with van der Waals surface area (Å²) in [5.74, 6) is 0.583. The fourth-order valence-electron chi connectivity index (χ4n) is 1.23. The molecule has 1 aromatic rings. The van der Waals surface area contributed by atoms with Crippen LogP contribution in [0.2, 0.25) is 0 Å². The highest BCUT2D eigenvalue weighted by Crippen LogP contribution is 2.23. The Kier molecular flexibility index (Phi) is 3.27. The average molecular weight is 185 g/mol. The second kappa shape index (κ2) is 4.25. The molecule has 0 aliphatic heterocycles. The molecule has 0 amide bonds. The number of aliphatic hydroxyl groups is 1. The summed E-state index contributed by atoms with van der Waals surface area (Å²) in [6.45, 7) is 2.80. The molecular formula is C8H15N3O2. The highest BCUT2D eigenvalue weighted by atomic mass is 16.5. The largest absolute Gasteiger partial charge is 0.493 e. The Balaban J connectivity index is 3.04. The number of ether oxygens (including phenoxy) is 1. The zero-order valence-corrected chi connectivity index (χ0v) is 7.90. The Morgan fingerprint density at radius 1 is 1.77 bits per heavy atom. The molecule has 74 valence electrons. The Labute approximate surface area is 77.1 Å². The lowest BCUT2D eigenvalue weighted by atomic mass is 10.2. The van der Waals surface area contributed by atoms with E-state index in [-0.39, 0.29) is 6.54 Å². The molecule has 0 aliphatic carbocycles. The second-order valence-corrected chi connectivity index (χ2v) is 2.67. The molecule has 1 aromatic heterocycles. The standard InChI is InChI=1S/C8H15N3O2/c1-3-11-8(6(12)4-9)7(13-2)5-10-11/h5-6,12H,3-4,9H2,1-2H3. The zero-order chi connectivity index (χ0) is 9.84. The third-order valence-corrected chi connectivity index (χ3v) is 1.90. The summed E-state index contributed by atoms with van der Waals surface area (Å²) in [6, 6.07) is 0. The second-order valence-electron chi connectivity index (χ2n) is 2.67. The summed E-state index contributed by atoms with van der Waals surface area (Å²) in [5, 5.41) is 13.6. The summed E-state index contributed by atoms with van der Waals surface area (Å²) in [6.07, 6.45) is 0.870. The van der Waals surface area contributed by atoms with Gasteiger partial charge in [0.25, 0.3) is 0 Å². The number of aryl methyl sites for hydroxylation is 1. The lowest BCUT2D eigenvalue weighted by molar-refractivity contribution is 0.170. The van der Waals surface area contributed by atoms with E-state index < -0.39 is 6.10 Å². The van der Waals surface area contributed by atoms with E-state index in [1.54, 1.807) is 18.0 Å². The number of methoxy groups -OCH3 is 1. The number of aromatic nitrogens is 2. The van der Waals surface area contributed by atoms with Gasteiger partial charge in [-0.05, 0) is 6.92 Å². The van der Waals surface area contributed by atoms with Crippen molar-refractivity contribution in [2.45, 2.75) is 19.6 Å². The zero-order valence-electron chi connectivity index (χ0n) is 7.90. The summed E-state index contributed by atoms with van der Waals surface area (Å²) in [4.78, 5) is 0. The first-order valence-corrected chi connectivity index (χ1v) is 4.22. The van der Waals surface area contributed by atoms with Crippen LogP contribution in [-0.4, -0.2) is 28.5 Å². The molecular weight excluding hydrogens is 170 g/mol. The molecule has 1 rings (SSSR count). The van der Waals surface area contributed by atoms with E-state index in [1.807, 2.05) is 6.92 Å². The summed E-state index contributed by atoms with van der Waals surface area (Å²) in [7, 11) is 1.55. The summed E-state index contributed by atoms with van der Waals surface area (Å²) < 4.78 is 6.73. The van der Waals surface area contributed by atoms with E-state index in [1.165, 1.54) is 0 Å². The van der Waals surface area contributed by atoms with E-state index in [4.69, 9.17) is 10.5 Å². The minimum absolute atomic E-state index is 0.169. The van der Waals surface area contributed by atoms with Gasteiger partial charge in [-0.2, -0.15) is 5.10 Å². The third kappa shape index (κ3) is 1.81. The highest BCUT2D eigenvalue weighted by molar-refractivity contribution is 5.27. The molecule has 5 nitrogen and oxygen atoms in total. The van der Waals surface area contributed by atoms with Gasteiger partial charge in [0.15, 0.2) is 5.75 Å². The Morgan fingerprint density at radius 3 is 2.92 bits per heavy atom. The molecule has 1 unspecified atom stereocenters. The predicted molar refractivity (Wildman–Crippen MR) is 48.5 cm³/mol. The van der Waals surface area contributed by atoms with Crippen LogP contribution in [0.3, 0.4) is 0 Å². The van der Waals surface area contributed by atoms with Gasteiger partial charge in [-0.3, -0.25) is 4.68 Å². The molecule has 0 spiro atoms. The molecule has 13 heavy (non-hydrogen) atoms. The number of aliphatic hydroxyl groups excluding tert-OH is 1. The van der Waals surface area contributed by atoms with Crippen LogP contribution < -0.4 is 10.5 Å². The van der Waals surface area contributed by atoms with Crippen molar-refractivity contribution in [3.05, 3.63) is 11.9 Å². The first-order chi connectivity index (χ1) is 6.24. The Bertz CT molecular complexity index is 251. The first-order valence-electron chi connectivity index (χ1n) is 4.22. The minimum atomic E-state index is -0.711. The molecule has 0 fully saturated rings. The van der Waals surface area contributed by atoms with Crippen molar-refractivity contribution >= 4 is 0 Å². The average Bonchev–Trinajstić information content (AvgIpc) is 2.59. The molecule has 0 bridgehead atoms. The maximum Gasteiger partial charge on any atom is 0.162 e. The highest BCUT2D eigenvalue weighted by Gasteiger charge is 2.17. The van der Waals surface area contributed by atoms with E-state index in [2.05, 4.69) is 5.10 Å². The predicted octanol–water partition coefficient (Wildman–Crippen LogP) is -0.0963. The van der Waals surface area contributed by atoms with Gasteiger partial charge in [-0.15, -0.1) is 0 Å². The number of nitrogens with two attached hydrogens (primary N) is 1. The fourth-order valence-corrected chi connectivity index (χ4v) is 1.23. The topological polar surface area (TPSA) is 73.3 Å². The summed E-state index contributed by atoms with van der Waals surface area (Å²) >= 11 is 0. The third-order valence-electron chi connectivity index (χ3n) is 1.90. The van der Waals surface area contributed by atoms with Crippen LogP contribution in [0.5, 0.6) is 5.75 Å². The van der Waals surface area contributed by atoms with Crippen LogP contribution in [0, 0.1) is 0 Å². The molecule has 0 saturated carbocycles. The van der Waals surface area contributed by atoms with Gasteiger partial charge in [-0.1, -0.05) is 0 Å². The van der Waals surface area contributed by atoms with Gasteiger partial charge < -0.3 is 15.6 Å². The molecule has 3 N–H and O–H groups in total. The van der Waals surface area contributed by atoms with Crippen molar-refractivity contribution < 1.29 is 9.84 Å². The fraction of sp³-hybridized carbons (Fsp3) is 0.625. The van der Waals surface area contributed by atoms with Gasteiger partial charge >= 0.3 is 0 Å². The van der Waals surface area contributed by atoms with E-state index in [0.717, 1.165) is 0 Å². The van der Waals surface area contributed by atoms with Crippen LogP contribution in [0.15, 0.2) is 6.20 Å². The van der Waals surface area contributed by atoms with Crippen molar-refractivity contribution in [2.24, 2.45) is 5.73 Å². The molecule has 0 aliphatic rings. The van der Waals surface area contributed by atoms with Crippen LogP contribution in [0.1, 0.15) is 18.7 Å². The minimum Gasteiger partial charge on any atom is -0.493 e. The van der Waals surface area contributed by atoms with Crippen LogP contribution in [-0.2, 0) is 6.54 Å². The van der Waals surface area contributed by atoms with Crippen molar-refractivity contribution in [1.82, 2.24) is 9.78 Å². The lowest BCUT2D eigenvalue weighted by Gasteiger charge is -2.11. The molecule has 1 atom stereocenters. The van der Waals surface area contributed by atoms with Crippen LogP contribution in [0.4, 0.5) is 0 Å². The van der Waals surface area contributed by atoms with E-state index in [0.29, 0.717) is 18.0 Å². The van der Waals surface area contributed by atoms with Gasteiger partial charge in [0.2, 0.25) is 0 Å². The number of hydrogen-bond acceptors (Lipinski definition) is 4. The van der Waals surface area contributed by atoms with Gasteiger partial charge in [0, 0.05) is 13.1 Å². The van der Waals surface area contributed by atoms with E-state index in [9.17, 15) is 5.11 Å². The Hall–Kier alpha value is -1.07. The van der Waals surface area contributed by atoms with Crippen molar-refractivity contribution in [1.29, 1.82) is 0 Å². The molecule has 0 aromatic carbocycles. The molecule has 0 saturated heterocycles. The van der Waals surface area contributed by atoms with Gasteiger partial charge in [-0.25, -0.2) is 0 Å². The molecule has 0 radical (unpaired) electrons. The molecule has 5 heteroatoms. The quantitative estimate of drug-likeness (QED) is 0.687. The maximum absolute atomic E-state index is 9.58. The normalized spacial score (nSPS) is 12.9. The number of rotatable bonds is 4. The number of hydrogen-bond donors (Lipinski definition) is 2. The molecule has 1 heterocycles. The van der Waals surface area contributed by atoms with Crippen molar-refractivity contribution in [2.75, 3.05) is 13.7 Å². The van der Waals surface area contributed by atoms with Crippen molar-refractivity contribution in [3.8, 4) is 5.75 Å². The SMILES string of the molecule is CCn1ncc(OC)c1C(O)CN. The summed E-state index contributed by atoms with van der Waals surface area (Å²) in [5.41, 5.74) is 6.01. The van der Waals surface area contributed by atoms with Crippen LogP contribution in [0.25, 0.3) is 0 Å². The maximum atomic E-state index is 9.58. The first kappa shape index (κ1) is 10.0. The Morgan fingerprint density at radius 2 is 2.46 bits per heavy atom. The number of nitrogens with zero attached hydrogens (tertiary/aromatic N) is 2. The smallest absolute Gasteiger partial charge is 0.162 e. The van der Waals surface area contributed by atoms with Crippen molar-refractivity contribution in [3.63, 3.8) is 0 Å². The monoisotopic (exact) mass is 185 g/mol. The van der Waals surface area contributed by atoms with Gasteiger partial charge in [0.05, 0.1) is 13.3 Å². The van der Waals surface area contributed by atoms with Gasteiger partial charge in [0.1, 0.15) is 11.8 Å². The van der Waals surface area contributed by atoms with Crippen LogP contribution >= 0.6 is 0 Å². The lowest BCUT2D eigenvalue weighted by Crippen LogP contribution is -2.16.